The van der Waals surface area contributed by atoms with Crippen molar-refractivity contribution in [3.05, 3.63) is 28.8 Å². The highest BCUT2D eigenvalue weighted by atomic mass is 35.5. The third-order valence-electron chi connectivity index (χ3n) is 3.89. The van der Waals surface area contributed by atoms with Crippen LogP contribution in [0.5, 0.6) is 0 Å². The molecule has 2 atom stereocenters. The minimum Gasteiger partial charge on any atom is -0.480 e. The molecule has 0 spiro atoms. The monoisotopic (exact) mass is 310 g/mol. The Balaban J connectivity index is 2.18. The molecule has 5 nitrogen and oxygen atoms in total. The van der Waals surface area contributed by atoms with Gasteiger partial charge in [0.25, 0.3) is 0 Å². The van der Waals surface area contributed by atoms with Gasteiger partial charge in [-0.1, -0.05) is 24.6 Å². The maximum atomic E-state index is 12.4. The number of aryl methyl sites for hydroxylation is 1. The summed E-state index contributed by atoms with van der Waals surface area (Å²) in [5, 5.41) is 12.6. The van der Waals surface area contributed by atoms with Crippen LogP contribution in [-0.2, 0) is 4.79 Å². The van der Waals surface area contributed by atoms with Crippen molar-refractivity contribution in [1.82, 2.24) is 4.90 Å². The lowest BCUT2D eigenvalue weighted by molar-refractivity contribution is -0.145. The summed E-state index contributed by atoms with van der Waals surface area (Å²) in [6.45, 7) is 4.18. The second kappa shape index (κ2) is 6.35. The Kier molecular flexibility index (Phi) is 4.73. The van der Waals surface area contributed by atoms with Gasteiger partial charge in [0.2, 0.25) is 0 Å². The van der Waals surface area contributed by atoms with E-state index in [1.165, 1.54) is 4.90 Å². The number of hydrogen-bond acceptors (Lipinski definition) is 2. The Morgan fingerprint density at radius 3 is 2.81 bits per heavy atom. The molecule has 21 heavy (non-hydrogen) atoms. The molecule has 114 valence electrons. The van der Waals surface area contributed by atoms with Gasteiger partial charge >= 0.3 is 12.0 Å². The SMILES string of the molecule is Cc1ccc(Cl)cc1NC(=O)N1CCCC(C)C1C(=O)O. The molecular formula is C15H19ClN2O3. The molecule has 0 saturated carbocycles. The molecule has 0 aliphatic carbocycles. The molecule has 1 aliphatic rings. The van der Waals surface area contributed by atoms with E-state index in [-0.39, 0.29) is 11.9 Å². The van der Waals surface area contributed by atoms with E-state index in [0.717, 1.165) is 18.4 Å². The van der Waals surface area contributed by atoms with Gasteiger partial charge in [0.1, 0.15) is 6.04 Å². The Labute approximate surface area is 128 Å². The number of piperidine rings is 1. The first-order valence-electron chi connectivity index (χ1n) is 6.96. The molecule has 6 heteroatoms. The number of amides is 2. The largest absolute Gasteiger partial charge is 0.480 e. The molecule has 0 bridgehead atoms. The number of halogens is 1. The van der Waals surface area contributed by atoms with Crippen molar-refractivity contribution in [3.63, 3.8) is 0 Å². The molecule has 1 aliphatic heterocycles. The summed E-state index contributed by atoms with van der Waals surface area (Å²) in [5.41, 5.74) is 1.49. The predicted octanol–water partition coefficient (Wildman–Crippen LogP) is 3.37. The van der Waals surface area contributed by atoms with E-state index in [4.69, 9.17) is 11.6 Å². The van der Waals surface area contributed by atoms with Gasteiger partial charge in [-0.2, -0.15) is 0 Å². The zero-order chi connectivity index (χ0) is 15.6. The second-order valence-electron chi connectivity index (χ2n) is 5.49. The third kappa shape index (κ3) is 3.47. The number of carbonyl (C=O) groups excluding carboxylic acids is 1. The number of likely N-dealkylation sites (tertiary alicyclic amines) is 1. The lowest BCUT2D eigenvalue weighted by Crippen LogP contribution is -2.53. The first-order valence-corrected chi connectivity index (χ1v) is 7.34. The lowest BCUT2D eigenvalue weighted by atomic mass is 9.91. The highest BCUT2D eigenvalue weighted by molar-refractivity contribution is 6.31. The van der Waals surface area contributed by atoms with Crippen molar-refractivity contribution in [2.45, 2.75) is 32.7 Å². The number of hydrogen-bond donors (Lipinski definition) is 2. The fraction of sp³-hybridized carbons (Fsp3) is 0.467. The maximum Gasteiger partial charge on any atom is 0.326 e. The van der Waals surface area contributed by atoms with Crippen LogP contribution in [0.1, 0.15) is 25.3 Å². The van der Waals surface area contributed by atoms with Crippen molar-refractivity contribution in [2.75, 3.05) is 11.9 Å². The number of carboxylic acid groups (broad SMARTS) is 1. The van der Waals surface area contributed by atoms with Crippen LogP contribution in [-0.4, -0.2) is 34.6 Å². The summed E-state index contributed by atoms with van der Waals surface area (Å²) in [6.07, 6.45) is 1.63. The summed E-state index contributed by atoms with van der Waals surface area (Å²) < 4.78 is 0. The average molecular weight is 311 g/mol. The van der Waals surface area contributed by atoms with Crippen LogP contribution in [0.15, 0.2) is 18.2 Å². The second-order valence-corrected chi connectivity index (χ2v) is 5.92. The number of nitrogens with zero attached hydrogens (tertiary/aromatic N) is 1. The van der Waals surface area contributed by atoms with E-state index in [2.05, 4.69) is 5.32 Å². The Bertz CT molecular complexity index is 562. The van der Waals surface area contributed by atoms with Gasteiger partial charge < -0.3 is 15.3 Å². The number of carbonyl (C=O) groups is 2. The third-order valence-corrected chi connectivity index (χ3v) is 4.12. The number of urea groups is 1. The molecule has 2 unspecified atom stereocenters. The Morgan fingerprint density at radius 1 is 1.43 bits per heavy atom. The molecule has 2 rings (SSSR count). The standard InChI is InChI=1S/C15H19ClN2O3/c1-9-5-6-11(16)8-12(9)17-15(21)18-7-3-4-10(2)13(18)14(19)20/h5-6,8,10,13H,3-4,7H2,1-2H3,(H,17,21)(H,19,20). The minimum absolute atomic E-state index is 0.0533. The van der Waals surface area contributed by atoms with Gasteiger partial charge in [-0.3, -0.25) is 0 Å². The van der Waals surface area contributed by atoms with Gasteiger partial charge in [0, 0.05) is 17.3 Å². The number of benzene rings is 1. The maximum absolute atomic E-state index is 12.4. The van der Waals surface area contributed by atoms with Crippen molar-refractivity contribution >= 4 is 29.3 Å². The van der Waals surface area contributed by atoms with Crippen molar-refractivity contribution in [3.8, 4) is 0 Å². The molecule has 0 radical (unpaired) electrons. The van der Waals surface area contributed by atoms with Gasteiger partial charge in [0.15, 0.2) is 0 Å². The van der Waals surface area contributed by atoms with Crippen LogP contribution in [0, 0.1) is 12.8 Å². The van der Waals surface area contributed by atoms with Crippen LogP contribution < -0.4 is 5.32 Å². The van der Waals surface area contributed by atoms with Gasteiger partial charge in [-0.15, -0.1) is 0 Å². The predicted molar refractivity (Wildman–Crippen MR) is 81.7 cm³/mol. The first kappa shape index (κ1) is 15.6. The van der Waals surface area contributed by atoms with Crippen LogP contribution in [0.25, 0.3) is 0 Å². The van der Waals surface area contributed by atoms with Crippen LogP contribution in [0.4, 0.5) is 10.5 Å². The fourth-order valence-electron chi connectivity index (χ4n) is 2.71. The number of aliphatic carboxylic acids is 1. The summed E-state index contributed by atoms with van der Waals surface area (Å²) >= 11 is 5.93. The summed E-state index contributed by atoms with van der Waals surface area (Å²) in [4.78, 5) is 25.2. The highest BCUT2D eigenvalue weighted by Gasteiger charge is 2.37. The molecule has 1 heterocycles. The quantitative estimate of drug-likeness (QED) is 0.880. The first-order chi connectivity index (χ1) is 9.90. The summed E-state index contributed by atoms with van der Waals surface area (Å²) in [7, 11) is 0. The Morgan fingerprint density at radius 2 is 2.14 bits per heavy atom. The van der Waals surface area contributed by atoms with Gasteiger partial charge in [-0.25, -0.2) is 9.59 Å². The number of rotatable bonds is 2. The van der Waals surface area contributed by atoms with E-state index in [1.807, 2.05) is 19.9 Å². The molecule has 0 aromatic heterocycles. The van der Waals surface area contributed by atoms with E-state index >= 15 is 0 Å². The smallest absolute Gasteiger partial charge is 0.326 e. The average Bonchev–Trinajstić information content (AvgIpc) is 2.42. The molecule has 1 saturated heterocycles. The van der Waals surface area contributed by atoms with Crippen LogP contribution in [0.2, 0.25) is 5.02 Å². The topological polar surface area (TPSA) is 69.6 Å². The zero-order valence-electron chi connectivity index (χ0n) is 12.1. The Hall–Kier alpha value is -1.75. The molecule has 2 amide bonds. The number of anilines is 1. The molecule has 1 aromatic carbocycles. The minimum atomic E-state index is -0.958. The lowest BCUT2D eigenvalue weighted by Gasteiger charge is -2.37. The number of nitrogens with one attached hydrogen (secondary N) is 1. The normalized spacial score (nSPS) is 22.0. The van der Waals surface area contributed by atoms with E-state index in [9.17, 15) is 14.7 Å². The van der Waals surface area contributed by atoms with Crippen LogP contribution in [0.3, 0.4) is 0 Å². The highest BCUT2D eigenvalue weighted by Crippen LogP contribution is 2.26. The van der Waals surface area contributed by atoms with Crippen molar-refractivity contribution in [2.24, 2.45) is 5.92 Å². The van der Waals surface area contributed by atoms with Gasteiger partial charge in [0.05, 0.1) is 0 Å². The molecule has 1 aromatic rings. The molecular weight excluding hydrogens is 292 g/mol. The van der Waals surface area contributed by atoms with Gasteiger partial charge in [-0.05, 0) is 43.4 Å². The fourth-order valence-corrected chi connectivity index (χ4v) is 2.88. The zero-order valence-corrected chi connectivity index (χ0v) is 12.9. The van der Waals surface area contributed by atoms with Crippen molar-refractivity contribution < 1.29 is 14.7 Å². The van der Waals surface area contributed by atoms with Crippen molar-refractivity contribution in [1.29, 1.82) is 0 Å². The summed E-state index contributed by atoms with van der Waals surface area (Å²) in [5.74, 6) is -1.01. The molecule has 1 fully saturated rings. The van der Waals surface area contributed by atoms with E-state index in [1.54, 1.807) is 12.1 Å². The van der Waals surface area contributed by atoms with Crippen LogP contribution >= 0.6 is 11.6 Å². The molecule has 2 N–H and O–H groups in total. The number of carboxylic acids is 1. The van der Waals surface area contributed by atoms with E-state index in [0.29, 0.717) is 17.3 Å². The summed E-state index contributed by atoms with van der Waals surface area (Å²) in [6, 6.07) is 4.05. The van der Waals surface area contributed by atoms with E-state index < -0.39 is 12.0 Å².